The molecule has 1 heterocycles. The number of carbonyl (C=O) groups excluding carboxylic acids is 1. The van der Waals surface area contributed by atoms with Gasteiger partial charge in [0, 0.05) is 12.6 Å². The summed E-state index contributed by atoms with van der Waals surface area (Å²) in [7, 11) is 0. The van der Waals surface area contributed by atoms with Crippen molar-refractivity contribution in [3.05, 3.63) is 11.9 Å². The lowest BCUT2D eigenvalue weighted by Crippen LogP contribution is -2.29. The van der Waals surface area contributed by atoms with Crippen LogP contribution in [0.3, 0.4) is 0 Å². The van der Waals surface area contributed by atoms with Crippen molar-refractivity contribution in [3.8, 4) is 0 Å². The van der Waals surface area contributed by atoms with Crippen molar-refractivity contribution >= 4 is 17.6 Å². The maximum absolute atomic E-state index is 12.7. The fraction of sp³-hybridized carbons (Fsp3) is 0.583. The molecule has 0 amide bonds. The minimum atomic E-state index is -4.67. The van der Waals surface area contributed by atoms with E-state index in [2.05, 4.69) is 20.6 Å². The number of halogens is 3. The van der Waals surface area contributed by atoms with E-state index in [4.69, 9.17) is 4.74 Å². The predicted octanol–water partition coefficient (Wildman–Crippen LogP) is 2.29. The van der Waals surface area contributed by atoms with E-state index >= 15 is 0 Å². The second kappa shape index (κ2) is 7.09. The number of ether oxygens (including phenoxy) is 1. The molecule has 9 heteroatoms. The van der Waals surface area contributed by atoms with Crippen LogP contribution in [0.1, 0.15) is 26.6 Å². The predicted molar refractivity (Wildman–Crippen MR) is 70.9 cm³/mol. The standard InChI is InChI=1S/C12H17F3N4O2/c1-4-16-8-6-9(17-7(3)10(20)21-5-2)19-11(18-8)12(13,14)15/h6-7H,4-5H2,1-3H3,(H2,16,17,18,19). The van der Waals surface area contributed by atoms with Gasteiger partial charge in [-0.25, -0.2) is 14.8 Å². The molecule has 0 aromatic carbocycles. The number of anilines is 2. The molecule has 0 radical (unpaired) electrons. The number of alkyl halides is 3. The zero-order chi connectivity index (χ0) is 16.0. The zero-order valence-electron chi connectivity index (χ0n) is 11.9. The molecule has 0 fully saturated rings. The lowest BCUT2D eigenvalue weighted by molar-refractivity contribution is -0.144. The quantitative estimate of drug-likeness (QED) is 0.785. The molecule has 1 aromatic heterocycles. The van der Waals surface area contributed by atoms with Gasteiger partial charge in [-0.15, -0.1) is 0 Å². The lowest BCUT2D eigenvalue weighted by atomic mass is 10.3. The first kappa shape index (κ1) is 17.0. The van der Waals surface area contributed by atoms with Gasteiger partial charge < -0.3 is 15.4 Å². The summed E-state index contributed by atoms with van der Waals surface area (Å²) in [6.45, 7) is 5.43. The molecule has 0 spiro atoms. The largest absolute Gasteiger partial charge is 0.464 e. The number of carbonyl (C=O) groups is 1. The Labute approximate surface area is 120 Å². The molecule has 6 nitrogen and oxygen atoms in total. The molecular formula is C12H17F3N4O2. The van der Waals surface area contributed by atoms with Crippen LogP contribution >= 0.6 is 0 Å². The second-order valence-electron chi connectivity index (χ2n) is 4.11. The molecule has 118 valence electrons. The highest BCUT2D eigenvalue weighted by Crippen LogP contribution is 2.28. The van der Waals surface area contributed by atoms with E-state index in [0.29, 0.717) is 6.54 Å². The van der Waals surface area contributed by atoms with Crippen LogP contribution in [-0.4, -0.2) is 35.1 Å². The number of hydrogen-bond donors (Lipinski definition) is 2. The van der Waals surface area contributed by atoms with Crippen molar-refractivity contribution in [1.29, 1.82) is 0 Å². The van der Waals surface area contributed by atoms with Crippen molar-refractivity contribution in [3.63, 3.8) is 0 Å². The first-order chi connectivity index (χ1) is 9.77. The van der Waals surface area contributed by atoms with E-state index in [-0.39, 0.29) is 18.2 Å². The second-order valence-corrected chi connectivity index (χ2v) is 4.11. The van der Waals surface area contributed by atoms with E-state index < -0.39 is 24.0 Å². The van der Waals surface area contributed by atoms with Gasteiger partial charge in [0.1, 0.15) is 17.7 Å². The van der Waals surface area contributed by atoms with E-state index in [9.17, 15) is 18.0 Å². The monoisotopic (exact) mass is 306 g/mol. The Kier molecular flexibility index (Phi) is 5.74. The fourth-order valence-electron chi connectivity index (χ4n) is 1.47. The fourth-order valence-corrected chi connectivity index (χ4v) is 1.47. The van der Waals surface area contributed by atoms with Crippen molar-refractivity contribution < 1.29 is 22.7 Å². The van der Waals surface area contributed by atoms with E-state index in [0.717, 1.165) is 0 Å². The zero-order valence-corrected chi connectivity index (χ0v) is 11.9. The molecule has 1 unspecified atom stereocenters. The van der Waals surface area contributed by atoms with E-state index in [1.807, 2.05) is 0 Å². The summed E-state index contributed by atoms with van der Waals surface area (Å²) in [6.07, 6.45) is -4.67. The normalized spacial score (nSPS) is 12.7. The third-order valence-electron chi connectivity index (χ3n) is 2.34. The Hall–Kier alpha value is -2.06. The number of nitrogens with zero attached hydrogens (tertiary/aromatic N) is 2. The van der Waals surface area contributed by atoms with Gasteiger partial charge in [0.05, 0.1) is 6.61 Å². The molecule has 1 aromatic rings. The average molecular weight is 306 g/mol. The van der Waals surface area contributed by atoms with Crippen LogP contribution in [-0.2, 0) is 15.7 Å². The summed E-state index contributed by atoms with van der Waals surface area (Å²) in [5, 5.41) is 5.25. The molecule has 0 aliphatic rings. The van der Waals surface area contributed by atoms with Gasteiger partial charge in [-0.1, -0.05) is 0 Å². The third-order valence-corrected chi connectivity index (χ3v) is 2.34. The first-order valence-corrected chi connectivity index (χ1v) is 6.41. The Morgan fingerprint density at radius 2 is 1.95 bits per heavy atom. The van der Waals surface area contributed by atoms with Crippen molar-refractivity contribution in [2.45, 2.75) is 33.0 Å². The van der Waals surface area contributed by atoms with Crippen molar-refractivity contribution in [1.82, 2.24) is 9.97 Å². The Morgan fingerprint density at radius 3 is 2.48 bits per heavy atom. The number of aromatic nitrogens is 2. The molecule has 1 rings (SSSR count). The summed E-state index contributed by atoms with van der Waals surface area (Å²) < 4.78 is 43.0. The Bertz CT molecular complexity index is 494. The SMILES string of the molecule is CCNc1cc(NC(C)C(=O)OCC)nc(C(F)(F)F)n1. The van der Waals surface area contributed by atoms with Gasteiger partial charge in [0.25, 0.3) is 0 Å². The van der Waals surface area contributed by atoms with Crippen LogP contribution in [0, 0.1) is 0 Å². The van der Waals surface area contributed by atoms with Crippen LogP contribution in [0.2, 0.25) is 0 Å². The van der Waals surface area contributed by atoms with Crippen LogP contribution in [0.5, 0.6) is 0 Å². The molecule has 2 N–H and O–H groups in total. The molecule has 0 saturated carbocycles. The highest BCUT2D eigenvalue weighted by atomic mass is 19.4. The van der Waals surface area contributed by atoms with Crippen molar-refractivity contribution in [2.24, 2.45) is 0 Å². The summed E-state index contributed by atoms with van der Waals surface area (Å²) in [5.74, 6) is -1.93. The highest BCUT2D eigenvalue weighted by molar-refractivity contribution is 5.78. The van der Waals surface area contributed by atoms with Gasteiger partial charge in [-0.2, -0.15) is 13.2 Å². The molecule has 0 bridgehead atoms. The molecule has 1 atom stereocenters. The number of hydrogen-bond acceptors (Lipinski definition) is 6. The van der Waals surface area contributed by atoms with Crippen LogP contribution in [0.4, 0.5) is 24.8 Å². The first-order valence-electron chi connectivity index (χ1n) is 6.41. The molecule has 0 aliphatic carbocycles. The smallest absolute Gasteiger partial charge is 0.451 e. The topological polar surface area (TPSA) is 76.1 Å². The summed E-state index contributed by atoms with van der Waals surface area (Å²) in [4.78, 5) is 18.2. The number of nitrogens with one attached hydrogen (secondary N) is 2. The van der Waals surface area contributed by atoms with Crippen molar-refractivity contribution in [2.75, 3.05) is 23.8 Å². The maximum atomic E-state index is 12.7. The van der Waals surface area contributed by atoms with Gasteiger partial charge in [0.2, 0.25) is 5.82 Å². The lowest BCUT2D eigenvalue weighted by Gasteiger charge is -2.15. The molecule has 0 saturated heterocycles. The minimum absolute atomic E-state index is 0.0263. The van der Waals surface area contributed by atoms with E-state index in [1.165, 1.54) is 13.0 Å². The summed E-state index contributed by atoms with van der Waals surface area (Å²) >= 11 is 0. The Morgan fingerprint density at radius 1 is 1.33 bits per heavy atom. The average Bonchev–Trinajstić information content (AvgIpc) is 2.38. The number of esters is 1. The molecule has 21 heavy (non-hydrogen) atoms. The third kappa shape index (κ3) is 5.09. The van der Waals surface area contributed by atoms with Crippen LogP contribution in [0.15, 0.2) is 6.07 Å². The molecule has 0 aliphatic heterocycles. The summed E-state index contributed by atoms with van der Waals surface area (Å²) in [6, 6.07) is 0.476. The van der Waals surface area contributed by atoms with Gasteiger partial charge in [-0.3, -0.25) is 0 Å². The van der Waals surface area contributed by atoms with Crippen LogP contribution in [0.25, 0.3) is 0 Å². The summed E-state index contributed by atoms with van der Waals surface area (Å²) in [5.41, 5.74) is 0. The number of rotatable bonds is 6. The van der Waals surface area contributed by atoms with E-state index in [1.54, 1.807) is 13.8 Å². The minimum Gasteiger partial charge on any atom is -0.464 e. The molecular weight excluding hydrogens is 289 g/mol. The van der Waals surface area contributed by atoms with Crippen LogP contribution < -0.4 is 10.6 Å². The van der Waals surface area contributed by atoms with Gasteiger partial charge in [-0.05, 0) is 20.8 Å². The van der Waals surface area contributed by atoms with Gasteiger partial charge >= 0.3 is 12.1 Å². The highest BCUT2D eigenvalue weighted by Gasteiger charge is 2.35. The van der Waals surface area contributed by atoms with Gasteiger partial charge in [0.15, 0.2) is 0 Å². The maximum Gasteiger partial charge on any atom is 0.451 e. The Balaban J connectivity index is 3.00.